The second kappa shape index (κ2) is 12.0. The number of benzene rings is 5. The van der Waals surface area contributed by atoms with E-state index in [1.54, 1.807) is 31.2 Å². The summed E-state index contributed by atoms with van der Waals surface area (Å²) in [5.74, 6) is 3.79. The second-order valence-electron chi connectivity index (χ2n) is 10.8. The normalized spacial score (nSPS) is 16.8. The third-order valence-corrected chi connectivity index (χ3v) is 8.05. The minimum absolute atomic E-state index is 0.0213. The third kappa shape index (κ3) is 5.48. The van der Waals surface area contributed by atoms with Crippen molar-refractivity contribution < 1.29 is 24.1 Å². The predicted molar refractivity (Wildman–Crippen MR) is 167 cm³/mol. The lowest BCUT2D eigenvalue weighted by Crippen LogP contribution is -2.44. The number of rotatable bonds is 9. The van der Waals surface area contributed by atoms with E-state index in [2.05, 4.69) is 10.1 Å². The summed E-state index contributed by atoms with van der Waals surface area (Å²) in [6.07, 6.45) is 1.43. The van der Waals surface area contributed by atoms with Crippen molar-refractivity contribution >= 4 is 45.7 Å². The van der Waals surface area contributed by atoms with Gasteiger partial charge in [-0.15, -0.1) is 5.90 Å². The fourth-order valence-corrected chi connectivity index (χ4v) is 5.62. The van der Waals surface area contributed by atoms with Crippen LogP contribution in [0.4, 0.5) is 4.79 Å². The van der Waals surface area contributed by atoms with Crippen LogP contribution >= 0.6 is 0 Å². The first-order valence-corrected chi connectivity index (χ1v) is 14.1. The summed E-state index contributed by atoms with van der Waals surface area (Å²) in [6.45, 7) is 1.36. The molecule has 1 saturated heterocycles. The Bertz CT molecular complexity index is 1910. The van der Waals surface area contributed by atoms with Gasteiger partial charge in [-0.25, -0.2) is 4.79 Å². The minimum atomic E-state index is -1.39. The number of urea groups is 1. The van der Waals surface area contributed by atoms with Gasteiger partial charge in [0.1, 0.15) is 18.7 Å². The molecule has 1 fully saturated rings. The van der Waals surface area contributed by atoms with Crippen LogP contribution in [-0.4, -0.2) is 40.5 Å². The zero-order valence-corrected chi connectivity index (χ0v) is 24.1. The van der Waals surface area contributed by atoms with Crippen LogP contribution in [0.25, 0.3) is 21.5 Å². The highest BCUT2D eigenvalue weighted by Crippen LogP contribution is 2.39. The van der Waals surface area contributed by atoms with Gasteiger partial charge in [0.25, 0.3) is 5.91 Å². The monoisotopic (exact) mass is 586 g/mol. The van der Waals surface area contributed by atoms with E-state index < -0.39 is 30.0 Å². The maximum Gasteiger partial charge on any atom is 0.328 e. The van der Waals surface area contributed by atoms with Crippen molar-refractivity contribution in [3.8, 4) is 0 Å². The number of ether oxygens (including phenoxy) is 1. The maximum atomic E-state index is 14.1. The molecule has 5 aromatic rings. The van der Waals surface area contributed by atoms with Crippen LogP contribution in [0.2, 0.25) is 0 Å². The first-order chi connectivity index (χ1) is 21.4. The van der Waals surface area contributed by atoms with Crippen molar-refractivity contribution in [1.29, 1.82) is 0 Å². The van der Waals surface area contributed by atoms with E-state index in [0.29, 0.717) is 11.1 Å². The van der Waals surface area contributed by atoms with Gasteiger partial charge >= 0.3 is 12.0 Å². The van der Waals surface area contributed by atoms with Gasteiger partial charge in [0, 0.05) is 6.54 Å². The Hall–Kier alpha value is -5.54. The molecule has 220 valence electrons. The summed E-state index contributed by atoms with van der Waals surface area (Å²) in [6, 6.07) is 34.0. The minimum Gasteiger partial charge on any atom is -0.459 e. The molecule has 2 N–H and O–H groups in total. The molecule has 9 heteroatoms. The number of imide groups is 1. The number of carbonyl (C=O) groups is 3. The molecular formula is C35H30N4O5. The summed E-state index contributed by atoms with van der Waals surface area (Å²) < 4.78 is 5.52. The molecule has 9 nitrogen and oxygen atoms in total. The second-order valence-corrected chi connectivity index (χ2v) is 10.8. The van der Waals surface area contributed by atoms with Crippen LogP contribution in [0.3, 0.4) is 0 Å². The third-order valence-electron chi connectivity index (χ3n) is 8.05. The summed E-state index contributed by atoms with van der Waals surface area (Å²) >= 11 is 0. The lowest BCUT2D eigenvalue weighted by atomic mass is 9.89. The van der Waals surface area contributed by atoms with E-state index in [0.717, 1.165) is 37.6 Å². The highest BCUT2D eigenvalue weighted by Gasteiger charge is 2.55. The molecule has 1 atom stereocenters. The molecule has 0 spiro atoms. The molecule has 1 aliphatic rings. The van der Waals surface area contributed by atoms with Crippen molar-refractivity contribution in [2.75, 3.05) is 6.54 Å². The van der Waals surface area contributed by atoms with E-state index >= 15 is 0 Å². The summed E-state index contributed by atoms with van der Waals surface area (Å²) in [5.41, 5.74) is 1.54. The van der Waals surface area contributed by atoms with E-state index in [1.807, 2.05) is 84.9 Å². The Morgan fingerprint density at radius 3 is 2.05 bits per heavy atom. The van der Waals surface area contributed by atoms with Crippen LogP contribution in [0.1, 0.15) is 29.2 Å². The molecule has 0 unspecified atom stereocenters. The van der Waals surface area contributed by atoms with Crippen LogP contribution in [-0.2, 0) is 38.0 Å². The lowest BCUT2D eigenvalue weighted by molar-refractivity contribution is -0.149. The number of nitrogens with zero attached hydrogens (tertiary/aromatic N) is 3. The largest absolute Gasteiger partial charge is 0.459 e. The molecule has 0 aliphatic carbocycles. The quantitative estimate of drug-likeness (QED) is 0.103. The number of hydrogen-bond donors (Lipinski definition) is 1. The number of oxime groups is 1. The number of hydrogen-bond acceptors (Lipinski definition) is 7. The van der Waals surface area contributed by atoms with Crippen LogP contribution in [0.5, 0.6) is 0 Å². The Labute approximate surface area is 254 Å². The number of esters is 1. The highest BCUT2D eigenvalue weighted by molar-refractivity contribution is 6.09. The summed E-state index contributed by atoms with van der Waals surface area (Å²) in [5, 5.41) is 7.76. The first-order valence-electron chi connectivity index (χ1n) is 14.1. The number of carbonyl (C=O) groups excluding carboxylic acids is 3. The van der Waals surface area contributed by atoms with Gasteiger partial charge < -0.3 is 14.6 Å². The number of nitrogens with two attached hydrogens (primary N) is 1. The smallest absolute Gasteiger partial charge is 0.328 e. The molecular weight excluding hydrogens is 556 g/mol. The zero-order chi connectivity index (χ0) is 30.7. The zero-order valence-electron chi connectivity index (χ0n) is 24.1. The van der Waals surface area contributed by atoms with Crippen molar-refractivity contribution in [1.82, 2.24) is 9.80 Å². The van der Waals surface area contributed by atoms with Crippen LogP contribution < -0.4 is 5.90 Å². The lowest BCUT2D eigenvalue weighted by Gasteiger charge is -2.32. The van der Waals surface area contributed by atoms with Gasteiger partial charge in [0.2, 0.25) is 0 Å². The fourth-order valence-electron chi connectivity index (χ4n) is 5.62. The van der Waals surface area contributed by atoms with Gasteiger partial charge in [-0.05, 0) is 62.9 Å². The molecule has 3 amide bonds. The molecule has 0 aromatic heterocycles. The van der Waals surface area contributed by atoms with E-state index in [1.165, 1.54) is 11.1 Å². The highest BCUT2D eigenvalue weighted by atomic mass is 16.7. The average Bonchev–Trinajstić information content (AvgIpc) is 3.23. The van der Waals surface area contributed by atoms with Gasteiger partial charge in [-0.1, -0.05) is 102 Å². The molecule has 0 radical (unpaired) electrons. The Balaban J connectivity index is 1.26. The SMILES string of the molecule is C[C@]1(c2ccc(C=NON)cc2)C(=O)N(CC(=O)OCc2ccc3ccccc3c2)C(=O)N1Cc1ccc2ccccc2c1. The van der Waals surface area contributed by atoms with Crippen molar-refractivity contribution in [2.24, 2.45) is 11.1 Å². The molecule has 44 heavy (non-hydrogen) atoms. The number of amides is 3. The molecule has 0 bridgehead atoms. The Kier molecular flexibility index (Phi) is 7.78. The molecule has 6 rings (SSSR count). The van der Waals surface area contributed by atoms with Crippen molar-refractivity contribution in [3.05, 3.63) is 131 Å². The van der Waals surface area contributed by atoms with Crippen LogP contribution in [0, 0.1) is 0 Å². The Morgan fingerprint density at radius 2 is 1.41 bits per heavy atom. The summed E-state index contributed by atoms with van der Waals surface area (Å²) in [4.78, 5) is 47.7. The van der Waals surface area contributed by atoms with Crippen molar-refractivity contribution in [2.45, 2.75) is 25.6 Å². The topological polar surface area (TPSA) is 115 Å². The molecule has 0 saturated carbocycles. The molecule has 5 aromatic carbocycles. The average molecular weight is 587 g/mol. The van der Waals surface area contributed by atoms with E-state index in [9.17, 15) is 14.4 Å². The Morgan fingerprint density at radius 1 is 0.818 bits per heavy atom. The van der Waals surface area contributed by atoms with Gasteiger partial charge in [0.05, 0.1) is 6.21 Å². The first kappa shape index (κ1) is 28.6. The predicted octanol–water partition coefficient (Wildman–Crippen LogP) is 5.64. The maximum absolute atomic E-state index is 14.1. The van der Waals surface area contributed by atoms with E-state index in [4.69, 9.17) is 10.6 Å². The van der Waals surface area contributed by atoms with Gasteiger partial charge in [-0.2, -0.15) is 0 Å². The summed E-state index contributed by atoms with van der Waals surface area (Å²) in [7, 11) is 0. The standard InChI is InChI=1S/C35H30N4O5/c1-35(31-16-12-24(13-17-31)20-37-44-36)33(41)38(22-32(40)43-23-26-11-15-28-7-3-5-9-30(28)19-26)34(42)39(35)21-25-10-14-27-6-2-4-8-29(27)18-25/h2-20H,21-23,36H2,1H3/t35-/m0/s1. The fraction of sp³-hybridized carbons (Fsp3) is 0.143. The molecule has 1 aliphatic heterocycles. The van der Waals surface area contributed by atoms with Crippen LogP contribution in [0.15, 0.2) is 114 Å². The van der Waals surface area contributed by atoms with Crippen molar-refractivity contribution in [3.63, 3.8) is 0 Å². The van der Waals surface area contributed by atoms with Gasteiger partial charge in [0.15, 0.2) is 0 Å². The van der Waals surface area contributed by atoms with E-state index in [-0.39, 0.29) is 13.2 Å². The number of fused-ring (bicyclic) bond motifs is 2. The van der Waals surface area contributed by atoms with Gasteiger partial charge in [-0.3, -0.25) is 14.5 Å². The molecule has 1 heterocycles.